The van der Waals surface area contributed by atoms with E-state index in [4.69, 9.17) is 20.4 Å². The summed E-state index contributed by atoms with van der Waals surface area (Å²) in [6.45, 7) is 0. The molecule has 0 unspecified atom stereocenters. The summed E-state index contributed by atoms with van der Waals surface area (Å²) in [5.41, 5.74) is 0. The lowest BCUT2D eigenvalue weighted by molar-refractivity contribution is -0.167. The second kappa shape index (κ2) is 5.03. The normalized spacial score (nSPS) is 31.6. The maximum absolute atomic E-state index is 10.9. The zero-order valence-corrected chi connectivity index (χ0v) is 9.15. The molecule has 1 aliphatic rings. The van der Waals surface area contributed by atoms with Gasteiger partial charge in [0, 0.05) is 0 Å². The molecule has 0 amide bonds. The SMILES string of the molecule is O=C(O)[C@H]1C[C@H](C(=O)O)[C@H](C(=O)O)C[C@@H]1C(=O)O. The van der Waals surface area contributed by atoms with E-state index in [1.165, 1.54) is 0 Å². The minimum absolute atomic E-state index is 0.487. The topological polar surface area (TPSA) is 149 Å². The van der Waals surface area contributed by atoms with Gasteiger partial charge in [0.05, 0.1) is 23.7 Å². The molecule has 4 atom stereocenters. The van der Waals surface area contributed by atoms with Crippen LogP contribution in [0.2, 0.25) is 0 Å². The van der Waals surface area contributed by atoms with Crippen molar-refractivity contribution in [3.63, 3.8) is 0 Å². The molecule has 18 heavy (non-hydrogen) atoms. The Kier molecular flexibility index (Phi) is 3.89. The average Bonchev–Trinajstić information content (AvgIpc) is 2.26. The molecule has 0 aromatic heterocycles. The first-order valence-electron chi connectivity index (χ1n) is 5.17. The summed E-state index contributed by atoms with van der Waals surface area (Å²) in [7, 11) is 0. The van der Waals surface area contributed by atoms with Gasteiger partial charge in [-0.2, -0.15) is 0 Å². The van der Waals surface area contributed by atoms with Crippen LogP contribution in [0.5, 0.6) is 0 Å². The fourth-order valence-corrected chi connectivity index (χ4v) is 2.30. The van der Waals surface area contributed by atoms with Crippen molar-refractivity contribution >= 4 is 23.9 Å². The molecule has 0 heterocycles. The van der Waals surface area contributed by atoms with Crippen LogP contribution in [0.3, 0.4) is 0 Å². The summed E-state index contributed by atoms with van der Waals surface area (Å²) in [5.74, 6) is -11.2. The molecule has 0 aromatic carbocycles. The maximum Gasteiger partial charge on any atom is 0.307 e. The molecule has 0 aliphatic heterocycles. The zero-order chi connectivity index (χ0) is 14.0. The summed E-state index contributed by atoms with van der Waals surface area (Å²) < 4.78 is 0. The van der Waals surface area contributed by atoms with Crippen molar-refractivity contribution in [2.24, 2.45) is 23.7 Å². The molecule has 0 radical (unpaired) electrons. The molecule has 100 valence electrons. The van der Waals surface area contributed by atoms with Gasteiger partial charge in [-0.05, 0) is 12.8 Å². The first kappa shape index (κ1) is 13.9. The summed E-state index contributed by atoms with van der Waals surface area (Å²) in [6.07, 6.45) is -0.975. The van der Waals surface area contributed by atoms with Crippen LogP contribution in [0.1, 0.15) is 12.8 Å². The van der Waals surface area contributed by atoms with E-state index in [0.29, 0.717) is 0 Å². The van der Waals surface area contributed by atoms with Crippen molar-refractivity contribution in [1.82, 2.24) is 0 Å². The van der Waals surface area contributed by atoms with E-state index in [-0.39, 0.29) is 0 Å². The van der Waals surface area contributed by atoms with E-state index < -0.39 is 60.4 Å². The highest BCUT2D eigenvalue weighted by Gasteiger charge is 2.49. The van der Waals surface area contributed by atoms with Gasteiger partial charge in [-0.1, -0.05) is 0 Å². The van der Waals surface area contributed by atoms with Gasteiger partial charge in [0.2, 0.25) is 0 Å². The van der Waals surface area contributed by atoms with Gasteiger partial charge in [0.25, 0.3) is 0 Å². The van der Waals surface area contributed by atoms with Gasteiger partial charge >= 0.3 is 23.9 Å². The molecule has 1 fully saturated rings. The fraction of sp³-hybridized carbons (Fsp3) is 0.600. The van der Waals surface area contributed by atoms with Gasteiger partial charge < -0.3 is 20.4 Å². The van der Waals surface area contributed by atoms with Gasteiger partial charge in [-0.25, -0.2) is 0 Å². The Morgan fingerprint density at radius 1 is 0.556 bits per heavy atom. The Hall–Kier alpha value is -2.12. The molecule has 4 N–H and O–H groups in total. The van der Waals surface area contributed by atoms with E-state index in [2.05, 4.69) is 0 Å². The molecule has 1 aliphatic carbocycles. The number of hydrogen-bond donors (Lipinski definition) is 4. The molecule has 0 saturated heterocycles. The predicted octanol–water partition coefficient (Wildman–Crippen LogP) is -0.417. The third-order valence-electron chi connectivity index (χ3n) is 3.26. The van der Waals surface area contributed by atoms with Gasteiger partial charge in [-0.15, -0.1) is 0 Å². The number of hydrogen-bond acceptors (Lipinski definition) is 4. The largest absolute Gasteiger partial charge is 0.481 e. The molecule has 1 saturated carbocycles. The number of aliphatic carboxylic acids is 4. The second-order valence-electron chi connectivity index (χ2n) is 4.25. The van der Waals surface area contributed by atoms with E-state index in [0.717, 1.165) is 0 Å². The lowest BCUT2D eigenvalue weighted by atomic mass is 9.68. The molecule has 0 spiro atoms. The molecular weight excluding hydrogens is 248 g/mol. The van der Waals surface area contributed by atoms with Crippen LogP contribution in [-0.4, -0.2) is 44.3 Å². The van der Waals surface area contributed by atoms with Crippen LogP contribution in [-0.2, 0) is 19.2 Å². The van der Waals surface area contributed by atoms with Crippen molar-refractivity contribution in [1.29, 1.82) is 0 Å². The van der Waals surface area contributed by atoms with Crippen molar-refractivity contribution in [2.45, 2.75) is 12.8 Å². The van der Waals surface area contributed by atoms with Gasteiger partial charge in [0.15, 0.2) is 0 Å². The Bertz CT molecular complexity index is 327. The van der Waals surface area contributed by atoms with E-state index in [9.17, 15) is 19.2 Å². The molecule has 0 aromatic rings. The average molecular weight is 260 g/mol. The third-order valence-corrected chi connectivity index (χ3v) is 3.26. The highest BCUT2D eigenvalue weighted by Crippen LogP contribution is 2.38. The Morgan fingerprint density at radius 2 is 0.722 bits per heavy atom. The minimum Gasteiger partial charge on any atom is -0.481 e. The molecule has 8 heteroatoms. The Morgan fingerprint density at radius 3 is 0.833 bits per heavy atom. The van der Waals surface area contributed by atoms with E-state index in [1.54, 1.807) is 0 Å². The molecule has 1 rings (SSSR count). The molecular formula is C10H12O8. The molecule has 0 bridgehead atoms. The summed E-state index contributed by atoms with van der Waals surface area (Å²) in [5, 5.41) is 35.5. The monoisotopic (exact) mass is 260 g/mol. The maximum atomic E-state index is 10.9. The van der Waals surface area contributed by atoms with Crippen molar-refractivity contribution < 1.29 is 39.6 Å². The summed E-state index contributed by atoms with van der Waals surface area (Å²) in [6, 6.07) is 0. The first-order chi connectivity index (χ1) is 8.25. The molecule has 8 nitrogen and oxygen atoms in total. The van der Waals surface area contributed by atoms with Crippen LogP contribution in [0.4, 0.5) is 0 Å². The standard InChI is InChI=1S/C10H12O8/c11-7(12)3-1-4(8(13)14)6(10(17)18)2-5(3)9(15)16/h3-6H,1-2H2,(H,11,12)(H,13,14)(H,15,16)(H,17,18)/t3-,4-,5-,6+/m0/s1. The third kappa shape index (κ3) is 2.58. The Labute approximate surface area is 101 Å². The van der Waals surface area contributed by atoms with Gasteiger partial charge in [0.1, 0.15) is 0 Å². The highest BCUT2D eigenvalue weighted by atomic mass is 16.4. The summed E-state index contributed by atoms with van der Waals surface area (Å²) >= 11 is 0. The van der Waals surface area contributed by atoms with Crippen molar-refractivity contribution in [3.8, 4) is 0 Å². The zero-order valence-electron chi connectivity index (χ0n) is 9.15. The van der Waals surface area contributed by atoms with Crippen molar-refractivity contribution in [3.05, 3.63) is 0 Å². The minimum atomic E-state index is -1.42. The highest BCUT2D eigenvalue weighted by molar-refractivity contribution is 5.85. The number of rotatable bonds is 4. The van der Waals surface area contributed by atoms with Crippen LogP contribution in [0.15, 0.2) is 0 Å². The van der Waals surface area contributed by atoms with Crippen LogP contribution in [0.25, 0.3) is 0 Å². The van der Waals surface area contributed by atoms with Crippen LogP contribution < -0.4 is 0 Å². The number of carbonyl (C=O) groups is 4. The quantitative estimate of drug-likeness (QED) is 0.532. The lowest BCUT2D eigenvalue weighted by Gasteiger charge is -2.33. The summed E-state index contributed by atoms with van der Waals surface area (Å²) in [4.78, 5) is 43.6. The van der Waals surface area contributed by atoms with E-state index >= 15 is 0 Å². The van der Waals surface area contributed by atoms with Crippen molar-refractivity contribution in [2.75, 3.05) is 0 Å². The first-order valence-corrected chi connectivity index (χ1v) is 5.17. The van der Waals surface area contributed by atoms with Gasteiger partial charge in [-0.3, -0.25) is 19.2 Å². The van der Waals surface area contributed by atoms with E-state index in [1.807, 2.05) is 0 Å². The number of carboxylic acid groups (broad SMARTS) is 4. The second-order valence-corrected chi connectivity index (χ2v) is 4.25. The van der Waals surface area contributed by atoms with Crippen LogP contribution >= 0.6 is 0 Å². The smallest absolute Gasteiger partial charge is 0.307 e. The Balaban J connectivity index is 3.06. The van der Waals surface area contributed by atoms with Crippen LogP contribution in [0, 0.1) is 23.7 Å². The fourth-order valence-electron chi connectivity index (χ4n) is 2.30. The predicted molar refractivity (Wildman–Crippen MR) is 53.7 cm³/mol. The number of carboxylic acids is 4. The lowest BCUT2D eigenvalue weighted by Crippen LogP contribution is -2.44.